The number of amides is 1. The third kappa shape index (κ3) is 5.43. The molecule has 0 fully saturated rings. The molecular formula is C20H24N2O3. The minimum Gasteiger partial charge on any atom is -0.544 e. The predicted octanol–water partition coefficient (Wildman–Crippen LogP) is 0.823. The second kappa shape index (κ2) is 8.44. The quantitative estimate of drug-likeness (QED) is 0.782. The molecule has 0 heterocycles. The summed E-state index contributed by atoms with van der Waals surface area (Å²) in [5, 5.41) is 15.8. The van der Waals surface area contributed by atoms with Gasteiger partial charge in [-0.05, 0) is 31.9 Å². The van der Waals surface area contributed by atoms with Crippen LogP contribution in [0.1, 0.15) is 28.7 Å². The number of carboxylic acids is 1. The van der Waals surface area contributed by atoms with Gasteiger partial charge in [-0.2, -0.15) is 0 Å². The van der Waals surface area contributed by atoms with E-state index in [1.165, 1.54) is 0 Å². The number of aliphatic carboxylic acids is 1. The van der Waals surface area contributed by atoms with E-state index in [1.54, 1.807) is 5.32 Å². The van der Waals surface area contributed by atoms with E-state index in [9.17, 15) is 14.7 Å². The monoisotopic (exact) mass is 340 g/mol. The number of anilines is 1. The second-order valence-electron chi connectivity index (χ2n) is 6.38. The van der Waals surface area contributed by atoms with Crippen LogP contribution >= 0.6 is 0 Å². The largest absolute Gasteiger partial charge is 0.544 e. The first kappa shape index (κ1) is 18.7. The van der Waals surface area contributed by atoms with E-state index in [4.69, 9.17) is 0 Å². The maximum atomic E-state index is 12.3. The van der Waals surface area contributed by atoms with Crippen LogP contribution in [0.4, 0.5) is 5.69 Å². The summed E-state index contributed by atoms with van der Waals surface area (Å²) >= 11 is 0. The molecule has 25 heavy (non-hydrogen) atoms. The lowest BCUT2D eigenvalue weighted by molar-refractivity contribution is -0.697. The van der Waals surface area contributed by atoms with Crippen molar-refractivity contribution in [3.05, 3.63) is 64.7 Å². The summed E-state index contributed by atoms with van der Waals surface area (Å²) in [6.45, 7) is 6.33. The Morgan fingerprint density at radius 2 is 1.68 bits per heavy atom. The number of benzene rings is 2. The van der Waals surface area contributed by atoms with Gasteiger partial charge in [0.15, 0.2) is 0 Å². The van der Waals surface area contributed by atoms with Gasteiger partial charge in [-0.25, -0.2) is 0 Å². The first-order valence-corrected chi connectivity index (χ1v) is 8.32. The zero-order chi connectivity index (χ0) is 18.4. The van der Waals surface area contributed by atoms with Crippen molar-refractivity contribution in [2.75, 3.05) is 5.32 Å². The summed E-state index contributed by atoms with van der Waals surface area (Å²) in [4.78, 5) is 23.7. The van der Waals surface area contributed by atoms with Gasteiger partial charge >= 0.3 is 0 Å². The van der Waals surface area contributed by atoms with E-state index < -0.39 is 12.0 Å². The number of carboxylic acid groups (broad SMARTS) is 1. The van der Waals surface area contributed by atoms with Crippen molar-refractivity contribution in [2.24, 2.45) is 0 Å². The first-order chi connectivity index (χ1) is 11.9. The summed E-state index contributed by atoms with van der Waals surface area (Å²) in [5.41, 5.74) is 4.79. The third-order valence-electron chi connectivity index (χ3n) is 4.13. The number of quaternary nitrogens is 1. The lowest BCUT2D eigenvalue weighted by atomic mass is 10.0. The number of aryl methyl sites for hydroxylation is 3. The van der Waals surface area contributed by atoms with Crippen LogP contribution in [-0.4, -0.2) is 17.9 Å². The summed E-state index contributed by atoms with van der Waals surface area (Å²) in [6.07, 6.45) is -0.137. The minimum absolute atomic E-state index is 0.137. The Morgan fingerprint density at radius 3 is 2.24 bits per heavy atom. The van der Waals surface area contributed by atoms with Crippen LogP contribution < -0.4 is 15.7 Å². The molecule has 0 spiro atoms. The molecule has 132 valence electrons. The van der Waals surface area contributed by atoms with Gasteiger partial charge in [-0.15, -0.1) is 0 Å². The molecule has 2 aromatic rings. The van der Waals surface area contributed by atoms with Gasteiger partial charge in [0.25, 0.3) is 0 Å². The van der Waals surface area contributed by atoms with Gasteiger partial charge in [0.05, 0.1) is 12.4 Å². The Hall–Kier alpha value is -2.66. The molecule has 2 rings (SSSR count). The van der Waals surface area contributed by atoms with Gasteiger partial charge in [0, 0.05) is 11.3 Å². The molecule has 0 radical (unpaired) electrons. The number of hydrogen-bond acceptors (Lipinski definition) is 3. The van der Waals surface area contributed by atoms with E-state index in [0.29, 0.717) is 6.54 Å². The summed E-state index contributed by atoms with van der Waals surface area (Å²) in [6, 6.07) is 12.6. The Balaban J connectivity index is 2.00. The topological polar surface area (TPSA) is 85.8 Å². The Labute approximate surface area is 148 Å². The van der Waals surface area contributed by atoms with Crippen LogP contribution in [-0.2, 0) is 16.1 Å². The van der Waals surface area contributed by atoms with E-state index in [0.717, 1.165) is 27.9 Å². The van der Waals surface area contributed by atoms with Crippen molar-refractivity contribution in [1.82, 2.24) is 0 Å². The van der Waals surface area contributed by atoms with Gasteiger partial charge in [-0.1, -0.05) is 48.0 Å². The molecule has 1 amide bonds. The summed E-state index contributed by atoms with van der Waals surface area (Å²) < 4.78 is 0. The van der Waals surface area contributed by atoms with Crippen molar-refractivity contribution in [3.8, 4) is 0 Å². The van der Waals surface area contributed by atoms with Crippen molar-refractivity contribution in [1.29, 1.82) is 0 Å². The molecule has 0 aliphatic carbocycles. The standard InChI is InChI=1S/C20H24N2O3/c1-13-9-14(2)19(15(3)10-13)22-18(23)11-17(20(24)25)21-12-16-7-5-4-6-8-16/h4-10,17,21H,11-12H2,1-3H3,(H,22,23)(H,24,25)/t17-/m1/s1. The molecule has 1 atom stereocenters. The second-order valence-corrected chi connectivity index (χ2v) is 6.38. The maximum absolute atomic E-state index is 12.3. The Bertz CT molecular complexity index is 734. The molecule has 0 saturated carbocycles. The van der Waals surface area contributed by atoms with Crippen LogP contribution in [0.3, 0.4) is 0 Å². The summed E-state index contributed by atoms with van der Waals surface area (Å²) in [5.74, 6) is -1.56. The number of carbonyl (C=O) groups is 2. The van der Waals surface area contributed by atoms with Crippen LogP contribution in [0.2, 0.25) is 0 Å². The molecule has 0 aliphatic heterocycles. The van der Waals surface area contributed by atoms with Crippen molar-refractivity contribution in [2.45, 2.75) is 39.8 Å². The number of nitrogens with two attached hydrogens (primary N) is 1. The molecular weight excluding hydrogens is 316 g/mol. The van der Waals surface area contributed by atoms with Crippen LogP contribution in [0.25, 0.3) is 0 Å². The predicted molar refractivity (Wildman–Crippen MR) is 94.8 cm³/mol. The van der Waals surface area contributed by atoms with Gasteiger partial charge in [0.1, 0.15) is 12.6 Å². The van der Waals surface area contributed by atoms with Gasteiger partial charge < -0.3 is 20.5 Å². The summed E-state index contributed by atoms with van der Waals surface area (Å²) in [7, 11) is 0. The lowest BCUT2D eigenvalue weighted by Gasteiger charge is -2.18. The fraction of sp³-hybridized carbons (Fsp3) is 0.300. The third-order valence-corrected chi connectivity index (χ3v) is 4.13. The number of carbonyl (C=O) groups excluding carboxylic acids is 2. The number of rotatable bonds is 7. The average molecular weight is 340 g/mol. The van der Waals surface area contributed by atoms with Crippen molar-refractivity contribution in [3.63, 3.8) is 0 Å². The number of nitrogens with one attached hydrogen (secondary N) is 1. The molecule has 0 aromatic heterocycles. The minimum atomic E-state index is -1.23. The zero-order valence-corrected chi connectivity index (χ0v) is 14.8. The van der Waals surface area contributed by atoms with Crippen molar-refractivity contribution < 1.29 is 20.0 Å². The lowest BCUT2D eigenvalue weighted by Crippen LogP contribution is -2.92. The van der Waals surface area contributed by atoms with Crippen LogP contribution in [0.15, 0.2) is 42.5 Å². The molecule has 0 bridgehead atoms. The van der Waals surface area contributed by atoms with E-state index >= 15 is 0 Å². The van der Waals surface area contributed by atoms with Crippen LogP contribution in [0, 0.1) is 20.8 Å². The highest BCUT2D eigenvalue weighted by molar-refractivity contribution is 5.94. The first-order valence-electron chi connectivity index (χ1n) is 8.32. The zero-order valence-electron chi connectivity index (χ0n) is 14.8. The molecule has 0 saturated heterocycles. The Kier molecular flexibility index (Phi) is 6.31. The van der Waals surface area contributed by atoms with E-state index in [-0.39, 0.29) is 12.3 Å². The fourth-order valence-corrected chi connectivity index (χ4v) is 2.92. The van der Waals surface area contributed by atoms with Gasteiger partial charge in [0.2, 0.25) is 5.91 Å². The highest BCUT2D eigenvalue weighted by Gasteiger charge is 2.19. The SMILES string of the molecule is Cc1cc(C)c(NC(=O)C[C@@H]([NH2+]Cc2ccccc2)C(=O)[O-])c(C)c1. The average Bonchev–Trinajstić information content (AvgIpc) is 2.55. The molecule has 2 aromatic carbocycles. The fourth-order valence-electron chi connectivity index (χ4n) is 2.92. The highest BCUT2D eigenvalue weighted by Crippen LogP contribution is 2.22. The van der Waals surface area contributed by atoms with Crippen LogP contribution in [0.5, 0.6) is 0 Å². The van der Waals surface area contributed by atoms with Crippen molar-refractivity contribution >= 4 is 17.6 Å². The molecule has 0 aliphatic rings. The van der Waals surface area contributed by atoms with E-state index in [1.807, 2.05) is 63.2 Å². The van der Waals surface area contributed by atoms with Gasteiger partial charge in [-0.3, -0.25) is 4.79 Å². The highest BCUT2D eigenvalue weighted by atomic mass is 16.4. The smallest absolute Gasteiger partial charge is 0.230 e. The van der Waals surface area contributed by atoms with E-state index in [2.05, 4.69) is 5.32 Å². The molecule has 3 N–H and O–H groups in total. The maximum Gasteiger partial charge on any atom is 0.230 e. The Morgan fingerprint density at radius 1 is 1.08 bits per heavy atom. The molecule has 5 nitrogen and oxygen atoms in total. The number of hydrogen-bond donors (Lipinski definition) is 2. The molecule has 0 unspecified atom stereocenters. The molecule has 5 heteroatoms. The normalized spacial score (nSPS) is 11.8.